The Morgan fingerprint density at radius 1 is 0.925 bits per heavy atom. The zero-order chi connectivity index (χ0) is 28.0. The summed E-state index contributed by atoms with van der Waals surface area (Å²) in [6.07, 6.45) is 1.89. The second-order valence-electron chi connectivity index (χ2n) is 9.94. The van der Waals surface area contributed by atoms with Crippen LogP contribution in [-0.4, -0.2) is 34.5 Å². The zero-order valence-electron chi connectivity index (χ0n) is 22.0. The molecule has 0 unspecified atom stereocenters. The summed E-state index contributed by atoms with van der Waals surface area (Å²) in [4.78, 5) is 28.5. The van der Waals surface area contributed by atoms with Gasteiger partial charge in [0.1, 0.15) is 11.5 Å². The highest BCUT2D eigenvalue weighted by molar-refractivity contribution is 6.08. The molecule has 6 rings (SSSR count). The molecule has 0 atom stereocenters. The van der Waals surface area contributed by atoms with Crippen LogP contribution in [0.25, 0.3) is 27.9 Å². The minimum absolute atomic E-state index is 0.120. The Morgan fingerprint density at radius 2 is 1.65 bits per heavy atom. The SMILES string of the molecule is CNC(=O)c1c(-c2ccc(F)cc2)nn2c(F)cc(-c3cc(C(=O)N(c4ccccc4)C4CC4)ccc3C)cc12. The van der Waals surface area contributed by atoms with Crippen molar-refractivity contribution in [3.05, 3.63) is 113 Å². The maximum atomic E-state index is 15.6. The van der Waals surface area contributed by atoms with Gasteiger partial charge in [0.25, 0.3) is 11.8 Å². The molecule has 1 aliphatic carbocycles. The lowest BCUT2D eigenvalue weighted by Gasteiger charge is -2.23. The fraction of sp³-hybridized carbons (Fsp3) is 0.156. The number of fused-ring (bicyclic) bond motifs is 1. The van der Waals surface area contributed by atoms with Crippen molar-refractivity contribution in [3.8, 4) is 22.4 Å². The van der Waals surface area contributed by atoms with E-state index in [9.17, 15) is 14.0 Å². The van der Waals surface area contributed by atoms with Crippen LogP contribution in [-0.2, 0) is 0 Å². The van der Waals surface area contributed by atoms with E-state index in [-0.39, 0.29) is 28.7 Å². The van der Waals surface area contributed by atoms with Crippen molar-refractivity contribution in [2.45, 2.75) is 25.8 Å². The predicted molar refractivity (Wildman–Crippen MR) is 150 cm³/mol. The number of carbonyl (C=O) groups excluding carboxylic acids is 2. The van der Waals surface area contributed by atoms with Crippen LogP contribution in [0.1, 0.15) is 39.1 Å². The molecule has 0 saturated heterocycles. The molecule has 5 aromatic rings. The average molecular weight is 537 g/mol. The number of hydrogen-bond donors (Lipinski definition) is 1. The highest BCUT2D eigenvalue weighted by atomic mass is 19.1. The summed E-state index contributed by atoms with van der Waals surface area (Å²) in [7, 11) is 1.48. The lowest BCUT2D eigenvalue weighted by atomic mass is 9.97. The van der Waals surface area contributed by atoms with Crippen LogP contribution in [0.15, 0.2) is 84.9 Å². The summed E-state index contributed by atoms with van der Waals surface area (Å²) in [5, 5.41) is 6.97. The topological polar surface area (TPSA) is 66.7 Å². The third-order valence-electron chi connectivity index (χ3n) is 7.22. The van der Waals surface area contributed by atoms with Crippen molar-refractivity contribution in [2.75, 3.05) is 11.9 Å². The summed E-state index contributed by atoms with van der Waals surface area (Å²) in [6, 6.07) is 23.7. The first-order chi connectivity index (χ1) is 19.4. The van der Waals surface area contributed by atoms with Crippen molar-refractivity contribution >= 4 is 23.0 Å². The lowest BCUT2D eigenvalue weighted by molar-refractivity contribution is 0.0962. The number of anilines is 1. The number of nitrogens with zero attached hydrogens (tertiary/aromatic N) is 3. The van der Waals surface area contributed by atoms with Gasteiger partial charge in [-0.05, 0) is 91.1 Å². The molecular weight excluding hydrogens is 510 g/mol. The minimum atomic E-state index is -0.675. The third kappa shape index (κ3) is 4.51. The van der Waals surface area contributed by atoms with Crippen LogP contribution >= 0.6 is 0 Å². The molecule has 40 heavy (non-hydrogen) atoms. The van der Waals surface area contributed by atoms with Gasteiger partial charge in [0, 0.05) is 36.0 Å². The van der Waals surface area contributed by atoms with Gasteiger partial charge in [-0.3, -0.25) is 9.59 Å². The van der Waals surface area contributed by atoms with Gasteiger partial charge >= 0.3 is 0 Å². The molecule has 1 aliphatic rings. The molecule has 1 fully saturated rings. The van der Waals surface area contributed by atoms with E-state index in [1.165, 1.54) is 37.4 Å². The van der Waals surface area contributed by atoms with E-state index in [1.807, 2.05) is 48.2 Å². The molecule has 1 saturated carbocycles. The van der Waals surface area contributed by atoms with Gasteiger partial charge in [0.05, 0.1) is 11.1 Å². The van der Waals surface area contributed by atoms with E-state index in [0.29, 0.717) is 22.3 Å². The highest BCUT2D eigenvalue weighted by Crippen LogP contribution is 2.35. The number of nitrogens with one attached hydrogen (secondary N) is 1. The first-order valence-electron chi connectivity index (χ1n) is 13.1. The van der Waals surface area contributed by atoms with Crippen molar-refractivity contribution in [2.24, 2.45) is 0 Å². The van der Waals surface area contributed by atoms with Gasteiger partial charge in [0.15, 0.2) is 0 Å². The Kier molecular flexibility index (Phi) is 6.38. The molecule has 0 radical (unpaired) electrons. The summed E-state index contributed by atoms with van der Waals surface area (Å²) in [5.74, 6) is -1.68. The number of benzene rings is 3. The maximum Gasteiger partial charge on any atom is 0.258 e. The van der Waals surface area contributed by atoms with E-state index in [0.717, 1.165) is 28.6 Å². The third-order valence-corrected chi connectivity index (χ3v) is 7.22. The molecule has 0 spiro atoms. The molecule has 2 aromatic heterocycles. The first kappa shape index (κ1) is 25.4. The standard InChI is InChI=1S/C32H26F2N4O2/c1-19-8-9-21(32(40)37(25-14-15-25)24-6-4-3-5-7-24)16-26(19)22-17-27-29(31(39)35-2)30(36-38(27)28(34)18-22)20-10-12-23(33)13-11-20/h3-13,16-18,25H,14-15H2,1-2H3,(H,35,39). The largest absolute Gasteiger partial charge is 0.355 e. The quantitative estimate of drug-likeness (QED) is 0.255. The lowest BCUT2D eigenvalue weighted by Crippen LogP contribution is -2.33. The zero-order valence-corrected chi connectivity index (χ0v) is 22.0. The Bertz CT molecular complexity index is 1760. The van der Waals surface area contributed by atoms with Crippen molar-refractivity contribution in [1.82, 2.24) is 14.9 Å². The van der Waals surface area contributed by atoms with Crippen LogP contribution in [0, 0.1) is 18.7 Å². The van der Waals surface area contributed by atoms with Gasteiger partial charge in [-0.25, -0.2) is 8.91 Å². The average Bonchev–Trinajstić information content (AvgIpc) is 3.72. The number of rotatable bonds is 6. The predicted octanol–water partition coefficient (Wildman–Crippen LogP) is 6.42. The summed E-state index contributed by atoms with van der Waals surface area (Å²) < 4.78 is 30.2. The van der Waals surface area contributed by atoms with Crippen LogP contribution in [0.4, 0.5) is 14.5 Å². The highest BCUT2D eigenvalue weighted by Gasteiger charge is 2.34. The van der Waals surface area contributed by atoms with E-state index >= 15 is 4.39 Å². The fourth-order valence-electron chi connectivity index (χ4n) is 5.04. The maximum absolute atomic E-state index is 15.6. The van der Waals surface area contributed by atoms with Crippen LogP contribution < -0.4 is 10.2 Å². The number of halogens is 2. The fourth-order valence-corrected chi connectivity index (χ4v) is 5.04. The molecule has 200 valence electrons. The number of para-hydroxylation sites is 1. The molecule has 0 bridgehead atoms. The van der Waals surface area contributed by atoms with E-state index in [1.54, 1.807) is 18.2 Å². The first-order valence-corrected chi connectivity index (χ1v) is 13.1. The molecule has 2 heterocycles. The number of aryl methyl sites for hydroxylation is 1. The van der Waals surface area contributed by atoms with Crippen LogP contribution in [0.5, 0.6) is 0 Å². The van der Waals surface area contributed by atoms with Gasteiger partial charge in [-0.1, -0.05) is 24.3 Å². The normalized spacial score (nSPS) is 12.9. The Hall–Kier alpha value is -4.85. The molecule has 1 N–H and O–H groups in total. The second-order valence-corrected chi connectivity index (χ2v) is 9.94. The number of amides is 2. The van der Waals surface area contributed by atoms with Crippen LogP contribution in [0.3, 0.4) is 0 Å². The Balaban J connectivity index is 1.47. The summed E-state index contributed by atoms with van der Waals surface area (Å²) in [5.41, 5.74) is 4.49. The molecular formula is C32H26F2N4O2. The number of aromatic nitrogens is 2. The summed E-state index contributed by atoms with van der Waals surface area (Å²) in [6.45, 7) is 1.89. The van der Waals surface area contributed by atoms with Gasteiger partial charge < -0.3 is 10.2 Å². The minimum Gasteiger partial charge on any atom is -0.355 e. The smallest absolute Gasteiger partial charge is 0.258 e. The van der Waals surface area contributed by atoms with E-state index in [4.69, 9.17) is 0 Å². The number of hydrogen-bond acceptors (Lipinski definition) is 3. The second kappa shape index (κ2) is 10.0. The summed E-state index contributed by atoms with van der Waals surface area (Å²) >= 11 is 0. The van der Waals surface area contributed by atoms with Crippen LogP contribution in [0.2, 0.25) is 0 Å². The Labute approximate surface area is 229 Å². The van der Waals surface area contributed by atoms with Gasteiger partial charge in [-0.2, -0.15) is 9.49 Å². The molecule has 8 heteroatoms. The van der Waals surface area contributed by atoms with Crippen molar-refractivity contribution in [1.29, 1.82) is 0 Å². The number of carbonyl (C=O) groups is 2. The van der Waals surface area contributed by atoms with Gasteiger partial charge in [-0.15, -0.1) is 0 Å². The number of pyridine rings is 1. The molecule has 0 aliphatic heterocycles. The Morgan fingerprint density at radius 3 is 2.33 bits per heavy atom. The van der Waals surface area contributed by atoms with Gasteiger partial charge in [0.2, 0.25) is 5.95 Å². The van der Waals surface area contributed by atoms with Crippen molar-refractivity contribution in [3.63, 3.8) is 0 Å². The molecule has 2 amide bonds. The molecule has 3 aromatic carbocycles. The monoisotopic (exact) mass is 536 g/mol. The molecule has 6 nitrogen and oxygen atoms in total. The van der Waals surface area contributed by atoms with E-state index in [2.05, 4.69) is 10.4 Å². The van der Waals surface area contributed by atoms with Crippen molar-refractivity contribution < 1.29 is 18.4 Å². The van der Waals surface area contributed by atoms with E-state index < -0.39 is 17.7 Å².